The first-order valence-corrected chi connectivity index (χ1v) is 10.7. The molecule has 0 aliphatic heterocycles. The fourth-order valence-corrected chi connectivity index (χ4v) is 4.08. The van der Waals surface area contributed by atoms with E-state index in [1.165, 1.54) is 11.1 Å². The fraction of sp³-hybridized carbons (Fsp3) is 0.333. The molecule has 0 spiro atoms. The second-order valence-electron chi connectivity index (χ2n) is 6.80. The van der Waals surface area contributed by atoms with E-state index in [4.69, 9.17) is 4.74 Å². The minimum absolute atomic E-state index is 0.174. The molecule has 0 radical (unpaired) electrons. The number of hydrogen-bond acceptors (Lipinski definition) is 4. The van der Waals surface area contributed by atoms with Crippen LogP contribution < -0.4 is 4.74 Å². The van der Waals surface area contributed by atoms with Crippen LogP contribution in [0.4, 0.5) is 0 Å². The van der Waals surface area contributed by atoms with Gasteiger partial charge in [0.15, 0.2) is 17.1 Å². The average Bonchev–Trinajstić information content (AvgIpc) is 3.01. The molecule has 1 unspecified atom stereocenters. The SMILES string of the molecule is CC(C)c1ccc(OC(C)c2nnc(SCc3cccc(Br)c3)n2C)cc1. The Morgan fingerprint density at radius 2 is 1.81 bits per heavy atom. The van der Waals surface area contributed by atoms with Crippen molar-refractivity contribution in [1.82, 2.24) is 14.8 Å². The average molecular weight is 446 g/mol. The quantitative estimate of drug-likeness (QED) is 0.409. The van der Waals surface area contributed by atoms with E-state index in [0.717, 1.165) is 27.0 Å². The Balaban J connectivity index is 1.65. The van der Waals surface area contributed by atoms with Crippen LogP contribution in [0.25, 0.3) is 0 Å². The molecule has 0 N–H and O–H groups in total. The van der Waals surface area contributed by atoms with Gasteiger partial charge in [0.2, 0.25) is 0 Å². The predicted octanol–water partition coefficient (Wildman–Crippen LogP) is 6.13. The highest BCUT2D eigenvalue weighted by Gasteiger charge is 2.17. The fourth-order valence-electron chi connectivity index (χ4n) is 2.77. The molecular formula is C21H24BrN3OS. The summed E-state index contributed by atoms with van der Waals surface area (Å²) in [6, 6.07) is 16.6. The largest absolute Gasteiger partial charge is 0.483 e. The summed E-state index contributed by atoms with van der Waals surface area (Å²) in [4.78, 5) is 0. The van der Waals surface area contributed by atoms with Crippen molar-refractivity contribution in [2.45, 2.75) is 43.7 Å². The zero-order valence-corrected chi connectivity index (χ0v) is 18.4. The Morgan fingerprint density at radius 1 is 1.07 bits per heavy atom. The van der Waals surface area contributed by atoms with Gasteiger partial charge in [-0.25, -0.2) is 0 Å². The lowest BCUT2D eigenvalue weighted by Crippen LogP contribution is -2.10. The van der Waals surface area contributed by atoms with Crippen molar-refractivity contribution in [1.29, 1.82) is 0 Å². The van der Waals surface area contributed by atoms with Gasteiger partial charge in [-0.1, -0.05) is 65.8 Å². The maximum absolute atomic E-state index is 6.07. The minimum atomic E-state index is -0.174. The lowest BCUT2D eigenvalue weighted by atomic mass is 10.0. The van der Waals surface area contributed by atoms with Crippen LogP contribution in [-0.4, -0.2) is 14.8 Å². The number of benzene rings is 2. The van der Waals surface area contributed by atoms with Crippen LogP contribution in [0.2, 0.25) is 0 Å². The smallest absolute Gasteiger partial charge is 0.191 e. The second-order valence-corrected chi connectivity index (χ2v) is 8.66. The molecule has 1 aromatic heterocycles. The molecule has 1 heterocycles. The maximum atomic E-state index is 6.07. The van der Waals surface area contributed by atoms with Gasteiger partial charge in [0.05, 0.1) is 0 Å². The highest BCUT2D eigenvalue weighted by Crippen LogP contribution is 2.27. The number of thioether (sulfide) groups is 1. The number of nitrogens with zero attached hydrogens (tertiary/aromatic N) is 3. The van der Waals surface area contributed by atoms with E-state index in [1.807, 2.05) is 42.8 Å². The van der Waals surface area contributed by atoms with Gasteiger partial charge in [-0.2, -0.15) is 0 Å². The van der Waals surface area contributed by atoms with Crippen molar-refractivity contribution < 1.29 is 4.74 Å². The van der Waals surface area contributed by atoms with Crippen LogP contribution in [0.1, 0.15) is 49.7 Å². The third-order valence-corrected chi connectivity index (χ3v) is 5.93. The molecule has 0 amide bonds. The molecule has 1 atom stereocenters. The first-order chi connectivity index (χ1) is 12.9. The van der Waals surface area contributed by atoms with Crippen LogP contribution in [0.5, 0.6) is 5.75 Å². The van der Waals surface area contributed by atoms with Gasteiger partial charge in [-0.15, -0.1) is 10.2 Å². The molecule has 0 aliphatic carbocycles. The molecule has 3 aromatic rings. The number of halogens is 1. The topological polar surface area (TPSA) is 39.9 Å². The van der Waals surface area contributed by atoms with E-state index in [1.54, 1.807) is 11.8 Å². The van der Waals surface area contributed by atoms with Gasteiger partial charge in [0.1, 0.15) is 5.75 Å². The summed E-state index contributed by atoms with van der Waals surface area (Å²) in [5.41, 5.74) is 2.55. The van der Waals surface area contributed by atoms with E-state index in [0.29, 0.717) is 5.92 Å². The van der Waals surface area contributed by atoms with Gasteiger partial charge < -0.3 is 9.30 Å². The lowest BCUT2D eigenvalue weighted by molar-refractivity contribution is 0.211. The van der Waals surface area contributed by atoms with Gasteiger partial charge in [-0.3, -0.25) is 0 Å². The summed E-state index contributed by atoms with van der Waals surface area (Å²) in [5.74, 6) is 3.02. The molecule has 0 bridgehead atoms. The van der Waals surface area contributed by atoms with Gasteiger partial charge in [0, 0.05) is 17.3 Å². The molecule has 0 fully saturated rings. The van der Waals surface area contributed by atoms with Crippen LogP contribution in [0, 0.1) is 0 Å². The number of rotatable bonds is 7. The highest BCUT2D eigenvalue weighted by molar-refractivity contribution is 9.10. The van der Waals surface area contributed by atoms with E-state index in [-0.39, 0.29) is 6.10 Å². The Hall–Kier alpha value is -1.79. The summed E-state index contributed by atoms with van der Waals surface area (Å²) in [7, 11) is 1.99. The predicted molar refractivity (Wildman–Crippen MR) is 114 cm³/mol. The van der Waals surface area contributed by atoms with Crippen molar-refractivity contribution >= 4 is 27.7 Å². The van der Waals surface area contributed by atoms with Crippen molar-refractivity contribution in [2.75, 3.05) is 0 Å². The normalized spacial score (nSPS) is 12.4. The number of ether oxygens (including phenoxy) is 1. The van der Waals surface area contributed by atoms with Crippen LogP contribution in [0.15, 0.2) is 58.2 Å². The third-order valence-electron chi connectivity index (χ3n) is 4.35. The van der Waals surface area contributed by atoms with Crippen molar-refractivity contribution in [3.05, 3.63) is 70.0 Å². The maximum Gasteiger partial charge on any atom is 0.191 e. The summed E-state index contributed by atoms with van der Waals surface area (Å²) in [5, 5.41) is 9.57. The Bertz CT molecular complexity index is 893. The minimum Gasteiger partial charge on any atom is -0.483 e. The molecule has 142 valence electrons. The van der Waals surface area contributed by atoms with E-state index in [9.17, 15) is 0 Å². The molecule has 0 saturated carbocycles. The highest BCUT2D eigenvalue weighted by atomic mass is 79.9. The molecule has 4 nitrogen and oxygen atoms in total. The summed E-state index contributed by atoms with van der Waals surface area (Å²) < 4.78 is 9.17. The second kappa shape index (κ2) is 8.93. The zero-order chi connectivity index (χ0) is 19.4. The molecule has 2 aromatic carbocycles. The first kappa shape index (κ1) is 20.0. The molecule has 27 heavy (non-hydrogen) atoms. The standard InChI is InChI=1S/C21H24BrN3OS/c1-14(2)17-8-10-19(11-9-17)26-15(3)20-23-24-21(25(20)4)27-13-16-6-5-7-18(22)12-16/h5-12,14-15H,13H2,1-4H3. The van der Waals surface area contributed by atoms with Crippen molar-refractivity contribution in [2.24, 2.45) is 7.05 Å². The van der Waals surface area contributed by atoms with Crippen molar-refractivity contribution in [3.63, 3.8) is 0 Å². The molecule has 0 saturated heterocycles. The van der Waals surface area contributed by atoms with Gasteiger partial charge in [-0.05, 0) is 48.2 Å². The number of hydrogen-bond donors (Lipinski definition) is 0. The summed E-state index contributed by atoms with van der Waals surface area (Å²) in [6.07, 6.45) is -0.174. The van der Waals surface area contributed by atoms with Crippen LogP contribution in [0.3, 0.4) is 0 Å². The Kier molecular flexibility index (Phi) is 6.60. The molecule has 6 heteroatoms. The Morgan fingerprint density at radius 3 is 2.48 bits per heavy atom. The van der Waals surface area contributed by atoms with Crippen LogP contribution in [-0.2, 0) is 12.8 Å². The molecule has 3 rings (SSSR count). The van der Waals surface area contributed by atoms with Crippen LogP contribution >= 0.6 is 27.7 Å². The Labute approximate surface area is 173 Å². The zero-order valence-electron chi connectivity index (χ0n) is 16.0. The van der Waals surface area contributed by atoms with Gasteiger partial charge in [0.25, 0.3) is 0 Å². The van der Waals surface area contributed by atoms with E-state index < -0.39 is 0 Å². The monoisotopic (exact) mass is 445 g/mol. The van der Waals surface area contributed by atoms with E-state index >= 15 is 0 Å². The summed E-state index contributed by atoms with van der Waals surface area (Å²) >= 11 is 5.18. The number of aromatic nitrogens is 3. The summed E-state index contributed by atoms with van der Waals surface area (Å²) in [6.45, 7) is 6.37. The van der Waals surface area contributed by atoms with Gasteiger partial charge >= 0.3 is 0 Å². The van der Waals surface area contributed by atoms with Crippen molar-refractivity contribution in [3.8, 4) is 5.75 Å². The first-order valence-electron chi connectivity index (χ1n) is 8.97. The molecule has 0 aliphatic rings. The molecular weight excluding hydrogens is 422 g/mol. The third kappa shape index (κ3) is 5.14. The van der Waals surface area contributed by atoms with E-state index in [2.05, 4.69) is 64.2 Å². The lowest BCUT2D eigenvalue weighted by Gasteiger charge is -2.15.